The highest BCUT2D eigenvalue weighted by atomic mass is 35.5. The van der Waals surface area contributed by atoms with Gasteiger partial charge in [-0.1, -0.05) is 73.0 Å². The van der Waals surface area contributed by atoms with Gasteiger partial charge in [-0.2, -0.15) is 0 Å². The molecule has 1 fully saturated rings. The Labute approximate surface area is 235 Å². The Balaban J connectivity index is 1.68. The van der Waals surface area contributed by atoms with Crippen molar-refractivity contribution in [1.82, 2.24) is 10.2 Å². The zero-order valence-electron chi connectivity index (χ0n) is 22.2. The normalized spacial score (nSPS) is 14.5. The highest BCUT2D eigenvalue weighted by molar-refractivity contribution is 7.92. The highest BCUT2D eigenvalue weighted by Crippen LogP contribution is 2.27. The summed E-state index contributed by atoms with van der Waals surface area (Å²) in [5, 5.41) is 3.63. The summed E-state index contributed by atoms with van der Waals surface area (Å²) in [6.07, 6.45) is 3.96. The molecule has 9 heteroatoms. The Morgan fingerprint density at radius 2 is 1.56 bits per heavy atom. The summed E-state index contributed by atoms with van der Waals surface area (Å²) in [5.74, 6) is -0.737. The monoisotopic (exact) mass is 567 g/mol. The van der Waals surface area contributed by atoms with Crippen LogP contribution >= 0.6 is 11.6 Å². The number of rotatable bonds is 10. The van der Waals surface area contributed by atoms with Crippen LogP contribution in [0.15, 0.2) is 83.8 Å². The largest absolute Gasteiger partial charge is 0.352 e. The standard InChI is InChI=1S/C30H34ClN3O4S/c1-22-10-6-9-15-28(22)34(39(37,38)27-13-4-3-5-14-27)21-29(35)33(20-24-16-18-25(31)19-17-24)23(2)30(36)32-26-11-7-8-12-26/h3-6,9-10,13-19,23,26H,7-8,11-12,20-21H2,1-2H3,(H,32,36). The van der Waals surface area contributed by atoms with Gasteiger partial charge in [0.25, 0.3) is 10.0 Å². The summed E-state index contributed by atoms with van der Waals surface area (Å²) < 4.78 is 28.8. The van der Waals surface area contributed by atoms with E-state index in [0.29, 0.717) is 16.3 Å². The van der Waals surface area contributed by atoms with Crippen LogP contribution in [0.2, 0.25) is 5.02 Å². The minimum atomic E-state index is -4.08. The van der Waals surface area contributed by atoms with Crippen LogP contribution in [-0.2, 0) is 26.2 Å². The van der Waals surface area contributed by atoms with Crippen molar-refractivity contribution in [3.8, 4) is 0 Å². The maximum Gasteiger partial charge on any atom is 0.264 e. The summed E-state index contributed by atoms with van der Waals surface area (Å²) in [6, 6.07) is 21.4. The molecule has 0 bridgehead atoms. The molecule has 39 heavy (non-hydrogen) atoms. The minimum Gasteiger partial charge on any atom is -0.352 e. The molecule has 3 aromatic carbocycles. The SMILES string of the molecule is Cc1ccccc1N(CC(=O)N(Cc1ccc(Cl)cc1)C(C)C(=O)NC1CCCC1)S(=O)(=O)c1ccccc1. The number of nitrogens with zero attached hydrogens (tertiary/aromatic N) is 2. The Bertz CT molecular complexity index is 1390. The first kappa shape index (κ1) is 28.6. The number of nitrogens with one attached hydrogen (secondary N) is 1. The number of carbonyl (C=O) groups excluding carboxylic acids is 2. The summed E-state index contributed by atoms with van der Waals surface area (Å²) in [7, 11) is -4.08. The zero-order valence-corrected chi connectivity index (χ0v) is 23.8. The lowest BCUT2D eigenvalue weighted by Gasteiger charge is -2.33. The quantitative estimate of drug-likeness (QED) is 0.359. The lowest BCUT2D eigenvalue weighted by atomic mass is 10.1. The topological polar surface area (TPSA) is 86.8 Å². The zero-order chi connectivity index (χ0) is 28.0. The lowest BCUT2D eigenvalue weighted by molar-refractivity contribution is -0.139. The van der Waals surface area contributed by atoms with E-state index in [2.05, 4.69) is 5.32 Å². The van der Waals surface area contributed by atoms with E-state index in [4.69, 9.17) is 11.6 Å². The number of hydrogen-bond donors (Lipinski definition) is 1. The highest BCUT2D eigenvalue weighted by Gasteiger charge is 2.33. The van der Waals surface area contributed by atoms with E-state index in [-0.39, 0.29) is 23.4 Å². The number of halogens is 1. The molecule has 0 aliphatic heterocycles. The first-order valence-electron chi connectivity index (χ1n) is 13.1. The van der Waals surface area contributed by atoms with Crippen LogP contribution < -0.4 is 9.62 Å². The summed E-state index contributed by atoms with van der Waals surface area (Å²) in [5.41, 5.74) is 1.90. The van der Waals surface area contributed by atoms with Gasteiger partial charge < -0.3 is 10.2 Å². The number of amides is 2. The predicted octanol–water partition coefficient (Wildman–Crippen LogP) is 5.32. The molecule has 0 spiro atoms. The minimum absolute atomic E-state index is 0.0809. The smallest absolute Gasteiger partial charge is 0.264 e. The molecule has 4 rings (SSSR count). The van der Waals surface area contributed by atoms with Crippen molar-refractivity contribution in [1.29, 1.82) is 0 Å². The van der Waals surface area contributed by atoms with Crippen molar-refractivity contribution >= 4 is 39.1 Å². The van der Waals surface area contributed by atoms with E-state index in [9.17, 15) is 18.0 Å². The summed E-state index contributed by atoms with van der Waals surface area (Å²) in [6.45, 7) is 3.15. The second-order valence-corrected chi connectivity index (χ2v) is 12.2. The van der Waals surface area contributed by atoms with Gasteiger partial charge in [0, 0.05) is 17.6 Å². The number of benzene rings is 3. The van der Waals surface area contributed by atoms with E-state index in [1.165, 1.54) is 17.0 Å². The summed E-state index contributed by atoms with van der Waals surface area (Å²) >= 11 is 6.06. The van der Waals surface area contributed by atoms with Crippen LogP contribution in [0.25, 0.3) is 0 Å². The number of hydrogen-bond acceptors (Lipinski definition) is 4. The second kappa shape index (κ2) is 12.7. The van der Waals surface area contributed by atoms with E-state index < -0.39 is 28.5 Å². The fourth-order valence-electron chi connectivity index (χ4n) is 4.84. The maximum atomic E-state index is 14.0. The molecule has 0 radical (unpaired) electrons. The lowest BCUT2D eigenvalue weighted by Crippen LogP contribution is -2.52. The average Bonchev–Trinajstić information content (AvgIpc) is 3.45. The molecule has 1 aliphatic carbocycles. The van der Waals surface area contributed by atoms with Crippen LogP contribution in [0.4, 0.5) is 5.69 Å². The van der Waals surface area contributed by atoms with Crippen molar-refractivity contribution in [3.63, 3.8) is 0 Å². The predicted molar refractivity (Wildman–Crippen MR) is 154 cm³/mol. The molecule has 3 aromatic rings. The number of sulfonamides is 1. The van der Waals surface area contributed by atoms with E-state index in [1.807, 2.05) is 6.07 Å². The van der Waals surface area contributed by atoms with E-state index >= 15 is 0 Å². The van der Waals surface area contributed by atoms with Crippen LogP contribution in [0.1, 0.15) is 43.7 Å². The van der Waals surface area contributed by atoms with Crippen LogP contribution in [0, 0.1) is 6.92 Å². The Morgan fingerprint density at radius 3 is 2.21 bits per heavy atom. The molecule has 1 saturated carbocycles. The van der Waals surface area contributed by atoms with E-state index in [0.717, 1.165) is 35.6 Å². The molecule has 0 heterocycles. The number of aryl methyl sites for hydroxylation is 1. The van der Waals surface area contributed by atoms with Crippen LogP contribution in [-0.4, -0.2) is 43.8 Å². The number of para-hydroxylation sites is 1. The maximum absolute atomic E-state index is 14.0. The first-order valence-corrected chi connectivity index (χ1v) is 15.0. The molecular formula is C30H34ClN3O4S. The second-order valence-electron chi connectivity index (χ2n) is 9.93. The third-order valence-electron chi connectivity index (χ3n) is 7.13. The molecule has 1 N–H and O–H groups in total. The van der Waals surface area contributed by atoms with Gasteiger partial charge in [0.2, 0.25) is 11.8 Å². The molecule has 1 aliphatic rings. The van der Waals surface area contributed by atoms with Gasteiger partial charge >= 0.3 is 0 Å². The van der Waals surface area contributed by atoms with Gasteiger partial charge in [-0.15, -0.1) is 0 Å². The Morgan fingerprint density at radius 1 is 0.949 bits per heavy atom. The van der Waals surface area contributed by atoms with E-state index in [1.54, 1.807) is 74.5 Å². The molecule has 2 amide bonds. The number of anilines is 1. The Kier molecular flexibility index (Phi) is 9.30. The molecule has 0 saturated heterocycles. The van der Waals surface area contributed by atoms with Gasteiger partial charge in [-0.05, 0) is 68.1 Å². The first-order chi connectivity index (χ1) is 18.7. The number of carbonyl (C=O) groups is 2. The third kappa shape index (κ3) is 6.99. The van der Waals surface area contributed by atoms with Gasteiger partial charge in [0.05, 0.1) is 10.6 Å². The van der Waals surface area contributed by atoms with Gasteiger partial charge in [-0.25, -0.2) is 8.42 Å². The van der Waals surface area contributed by atoms with Crippen molar-refractivity contribution < 1.29 is 18.0 Å². The summed E-state index contributed by atoms with van der Waals surface area (Å²) in [4.78, 5) is 28.8. The fraction of sp³-hybridized carbons (Fsp3) is 0.333. The van der Waals surface area contributed by atoms with Crippen LogP contribution in [0.3, 0.4) is 0 Å². The van der Waals surface area contributed by atoms with Gasteiger partial charge in [-0.3, -0.25) is 13.9 Å². The van der Waals surface area contributed by atoms with Gasteiger partial charge in [0.1, 0.15) is 12.6 Å². The molecule has 206 valence electrons. The Hall–Kier alpha value is -3.36. The van der Waals surface area contributed by atoms with Crippen molar-refractivity contribution in [3.05, 3.63) is 95.0 Å². The van der Waals surface area contributed by atoms with Crippen molar-refractivity contribution in [2.45, 2.75) is 63.1 Å². The van der Waals surface area contributed by atoms with Crippen LogP contribution in [0.5, 0.6) is 0 Å². The fourth-order valence-corrected chi connectivity index (χ4v) is 6.46. The van der Waals surface area contributed by atoms with Gasteiger partial charge in [0.15, 0.2) is 0 Å². The molecule has 1 atom stereocenters. The molecule has 1 unspecified atom stereocenters. The van der Waals surface area contributed by atoms with Crippen molar-refractivity contribution in [2.24, 2.45) is 0 Å². The van der Waals surface area contributed by atoms with Crippen molar-refractivity contribution in [2.75, 3.05) is 10.8 Å². The third-order valence-corrected chi connectivity index (χ3v) is 9.16. The average molecular weight is 568 g/mol. The molecule has 0 aromatic heterocycles. The molecular weight excluding hydrogens is 534 g/mol. The molecule has 7 nitrogen and oxygen atoms in total.